The maximum Gasteiger partial charge on any atom is 0.489 e. The maximum atomic E-state index is 11.8. The van der Waals surface area contributed by atoms with Gasteiger partial charge < -0.3 is 20.7 Å². The number of amides is 2. The molecule has 1 aromatic carbocycles. The highest BCUT2D eigenvalue weighted by molar-refractivity contribution is 6.62. The fourth-order valence-corrected chi connectivity index (χ4v) is 1.83. The lowest BCUT2D eigenvalue weighted by atomic mass is 9.80. The number of halogens is 1. The molecule has 112 valence electrons. The van der Waals surface area contributed by atoms with Gasteiger partial charge in [0.15, 0.2) is 0 Å². The monoisotopic (exact) mass is 310 g/mol. The third kappa shape index (κ3) is 5.59. The van der Waals surface area contributed by atoms with Crippen LogP contribution in [0.4, 0.5) is 0 Å². The van der Waals surface area contributed by atoms with E-state index >= 15 is 0 Å². The van der Waals surface area contributed by atoms with Crippen molar-refractivity contribution in [2.75, 3.05) is 13.1 Å². The molecule has 6 nitrogen and oxygen atoms in total. The highest BCUT2D eigenvalue weighted by Gasteiger charge is 2.16. The van der Waals surface area contributed by atoms with Gasteiger partial charge in [-0.05, 0) is 24.6 Å². The fourth-order valence-electron chi connectivity index (χ4n) is 1.55. The zero-order chi connectivity index (χ0) is 15.8. The van der Waals surface area contributed by atoms with E-state index in [1.54, 1.807) is 0 Å². The second-order valence-electron chi connectivity index (χ2n) is 4.21. The molecule has 0 atom stereocenters. The quantitative estimate of drug-likeness (QED) is 0.308. The van der Waals surface area contributed by atoms with Gasteiger partial charge in [0.05, 0.1) is 0 Å². The van der Waals surface area contributed by atoms with Crippen molar-refractivity contribution in [2.45, 2.75) is 6.42 Å². The minimum Gasteiger partial charge on any atom is -0.423 e. The van der Waals surface area contributed by atoms with Crippen LogP contribution in [0.1, 0.15) is 16.8 Å². The van der Waals surface area contributed by atoms with Crippen LogP contribution in [-0.4, -0.2) is 42.1 Å². The first-order valence-electron chi connectivity index (χ1n) is 6.29. The smallest absolute Gasteiger partial charge is 0.423 e. The number of hydrogen-bond donors (Lipinski definition) is 4. The van der Waals surface area contributed by atoms with Crippen molar-refractivity contribution in [3.8, 4) is 0 Å². The number of carbonyl (C=O) groups is 2. The van der Waals surface area contributed by atoms with Crippen molar-refractivity contribution in [3.63, 3.8) is 0 Å². The van der Waals surface area contributed by atoms with Crippen molar-refractivity contribution in [1.29, 1.82) is 0 Å². The summed E-state index contributed by atoms with van der Waals surface area (Å²) in [5.41, 5.74) is 0.458. The second kappa shape index (κ2) is 8.46. The number of benzene rings is 1. The molecule has 0 saturated carbocycles. The topological polar surface area (TPSA) is 98.7 Å². The first-order valence-corrected chi connectivity index (χ1v) is 6.67. The predicted molar refractivity (Wildman–Crippen MR) is 81.4 cm³/mol. The summed E-state index contributed by atoms with van der Waals surface area (Å²) in [5, 5.41) is 23.4. The van der Waals surface area contributed by atoms with Gasteiger partial charge in [-0.15, -0.1) is 0 Å². The minimum absolute atomic E-state index is 0.107. The highest BCUT2D eigenvalue weighted by Crippen LogP contribution is 2.09. The average Bonchev–Trinajstić information content (AvgIpc) is 2.45. The Balaban J connectivity index is 2.44. The first kappa shape index (κ1) is 17.2. The summed E-state index contributed by atoms with van der Waals surface area (Å²) in [6.07, 6.45) is 1.75. The Bertz CT molecular complexity index is 537. The zero-order valence-corrected chi connectivity index (χ0v) is 12.1. The molecular weight excluding hydrogens is 294 g/mol. The lowest BCUT2D eigenvalue weighted by Gasteiger charge is -2.08. The zero-order valence-electron chi connectivity index (χ0n) is 11.3. The summed E-state index contributed by atoms with van der Waals surface area (Å²) in [6, 6.07) is 4.20. The van der Waals surface area contributed by atoms with Crippen molar-refractivity contribution in [2.24, 2.45) is 0 Å². The fraction of sp³-hybridized carbons (Fsp3) is 0.231. The molecule has 0 bridgehead atoms. The Morgan fingerprint density at radius 3 is 2.52 bits per heavy atom. The molecule has 8 heteroatoms. The maximum absolute atomic E-state index is 11.8. The molecule has 0 aliphatic carbocycles. The normalized spacial score (nSPS) is 9.86. The molecule has 0 heterocycles. The van der Waals surface area contributed by atoms with Crippen LogP contribution < -0.4 is 16.1 Å². The molecule has 0 fully saturated rings. The van der Waals surface area contributed by atoms with Gasteiger partial charge in [-0.3, -0.25) is 9.59 Å². The van der Waals surface area contributed by atoms with E-state index in [0.717, 1.165) is 0 Å². The molecule has 21 heavy (non-hydrogen) atoms. The number of carbonyl (C=O) groups excluding carboxylic acids is 2. The molecule has 2 amide bonds. The van der Waals surface area contributed by atoms with Crippen LogP contribution in [0.15, 0.2) is 30.9 Å². The summed E-state index contributed by atoms with van der Waals surface area (Å²) in [5.74, 6) is -0.586. The second-order valence-corrected chi connectivity index (χ2v) is 4.62. The van der Waals surface area contributed by atoms with Gasteiger partial charge in [0.2, 0.25) is 5.91 Å². The molecule has 0 unspecified atom stereocenters. The van der Waals surface area contributed by atoms with E-state index in [1.165, 1.54) is 24.3 Å². The largest absolute Gasteiger partial charge is 0.489 e. The van der Waals surface area contributed by atoms with Gasteiger partial charge in [-0.1, -0.05) is 24.2 Å². The number of hydrogen-bond acceptors (Lipinski definition) is 4. The molecule has 0 saturated heterocycles. The van der Waals surface area contributed by atoms with E-state index in [9.17, 15) is 9.59 Å². The van der Waals surface area contributed by atoms with Gasteiger partial charge >= 0.3 is 7.12 Å². The molecule has 4 N–H and O–H groups in total. The van der Waals surface area contributed by atoms with Crippen LogP contribution in [0.25, 0.3) is 0 Å². The van der Waals surface area contributed by atoms with Crippen LogP contribution in [0, 0.1) is 0 Å². The Kier molecular flexibility index (Phi) is 6.94. The van der Waals surface area contributed by atoms with Gasteiger partial charge in [-0.2, -0.15) is 0 Å². The molecule has 1 aromatic rings. The Morgan fingerprint density at radius 2 is 1.95 bits per heavy atom. The predicted octanol–water partition coefficient (Wildman–Crippen LogP) is -0.558. The summed E-state index contributed by atoms with van der Waals surface area (Å²) in [4.78, 5) is 22.7. The minimum atomic E-state index is -1.68. The standard InChI is InChI=1S/C13H16BClN2O4/c1-2-12(18)16-6-3-7-17-13(19)9-4-5-10(14(20)21)11(15)8-9/h2,4-5,8,20-21H,1,3,6-7H2,(H,16,18)(H,17,19). The Morgan fingerprint density at radius 1 is 1.29 bits per heavy atom. The third-order valence-electron chi connectivity index (χ3n) is 2.66. The van der Waals surface area contributed by atoms with Gasteiger partial charge in [0, 0.05) is 29.1 Å². The lowest BCUT2D eigenvalue weighted by molar-refractivity contribution is -0.116. The number of rotatable bonds is 7. The Labute approximate surface area is 128 Å². The van der Waals surface area contributed by atoms with Crippen molar-refractivity contribution >= 4 is 36.0 Å². The molecule has 0 aromatic heterocycles. The van der Waals surface area contributed by atoms with Crippen molar-refractivity contribution in [1.82, 2.24) is 10.6 Å². The van der Waals surface area contributed by atoms with Crippen molar-refractivity contribution < 1.29 is 19.6 Å². The molecule has 0 aliphatic rings. The highest BCUT2D eigenvalue weighted by atomic mass is 35.5. The summed E-state index contributed by atoms with van der Waals surface area (Å²) >= 11 is 5.85. The lowest BCUT2D eigenvalue weighted by Crippen LogP contribution is -2.32. The molecule has 1 rings (SSSR count). The van der Waals surface area contributed by atoms with Gasteiger partial charge in [-0.25, -0.2) is 0 Å². The van der Waals surface area contributed by atoms with Gasteiger partial charge in [0.25, 0.3) is 5.91 Å². The van der Waals surface area contributed by atoms with E-state index in [0.29, 0.717) is 25.1 Å². The summed E-state index contributed by atoms with van der Waals surface area (Å²) in [7, 11) is -1.68. The van der Waals surface area contributed by atoms with E-state index in [2.05, 4.69) is 17.2 Å². The molecule has 0 spiro atoms. The van der Waals surface area contributed by atoms with Crippen LogP contribution in [0.3, 0.4) is 0 Å². The third-order valence-corrected chi connectivity index (χ3v) is 2.99. The average molecular weight is 311 g/mol. The van der Waals surface area contributed by atoms with Crippen LogP contribution in [-0.2, 0) is 4.79 Å². The molecule has 0 aliphatic heterocycles. The van der Waals surface area contributed by atoms with Crippen LogP contribution >= 0.6 is 11.6 Å². The van der Waals surface area contributed by atoms with E-state index in [1.807, 2.05) is 0 Å². The van der Waals surface area contributed by atoms with Gasteiger partial charge in [0.1, 0.15) is 0 Å². The summed E-state index contributed by atoms with van der Waals surface area (Å²) < 4.78 is 0. The van der Waals surface area contributed by atoms with Crippen LogP contribution in [0.2, 0.25) is 5.02 Å². The number of nitrogens with one attached hydrogen (secondary N) is 2. The Hall–Kier alpha value is -1.83. The van der Waals surface area contributed by atoms with Crippen LogP contribution in [0.5, 0.6) is 0 Å². The molecular formula is C13H16BClN2O4. The SMILES string of the molecule is C=CC(=O)NCCCNC(=O)c1ccc(B(O)O)c(Cl)c1. The molecule has 0 radical (unpaired) electrons. The van der Waals surface area contributed by atoms with E-state index in [4.69, 9.17) is 21.6 Å². The van der Waals surface area contributed by atoms with E-state index in [-0.39, 0.29) is 22.3 Å². The first-order chi connectivity index (χ1) is 9.95. The van der Waals surface area contributed by atoms with Crippen molar-refractivity contribution in [3.05, 3.63) is 41.4 Å². The van der Waals surface area contributed by atoms with E-state index < -0.39 is 7.12 Å². The summed E-state index contributed by atoms with van der Waals surface area (Å²) in [6.45, 7) is 4.14.